The number of nitrogens with one attached hydrogen (secondary N) is 2. The van der Waals surface area contributed by atoms with Crippen LogP contribution < -0.4 is 5.32 Å². The number of carbonyl (C=O) groups is 1. The van der Waals surface area contributed by atoms with Crippen molar-refractivity contribution in [1.82, 2.24) is 10.3 Å². The van der Waals surface area contributed by atoms with Gasteiger partial charge in [0.1, 0.15) is 0 Å². The van der Waals surface area contributed by atoms with Gasteiger partial charge in [0.15, 0.2) is 5.78 Å². The molecule has 2 rings (SSSR count). The lowest BCUT2D eigenvalue weighted by molar-refractivity contribution is 0.0990. The molecular formula is C16H22N2O. The van der Waals surface area contributed by atoms with Gasteiger partial charge in [-0.15, -0.1) is 0 Å². The highest BCUT2D eigenvalue weighted by Gasteiger charge is 2.13. The van der Waals surface area contributed by atoms with E-state index in [4.69, 9.17) is 0 Å². The third-order valence-electron chi connectivity index (χ3n) is 3.34. The van der Waals surface area contributed by atoms with Crippen molar-refractivity contribution in [1.29, 1.82) is 0 Å². The summed E-state index contributed by atoms with van der Waals surface area (Å²) in [6.45, 7) is 8.79. The monoisotopic (exact) mass is 258 g/mol. The average molecular weight is 258 g/mol. The summed E-state index contributed by atoms with van der Waals surface area (Å²) in [6.07, 6.45) is 1.82. The molecule has 1 heterocycles. The number of ketones is 1. The summed E-state index contributed by atoms with van der Waals surface area (Å²) in [7, 11) is 0. The van der Waals surface area contributed by atoms with Gasteiger partial charge in [0.05, 0.1) is 6.54 Å². The summed E-state index contributed by atoms with van der Waals surface area (Å²) >= 11 is 0. The maximum atomic E-state index is 12.2. The number of hydrogen-bond acceptors (Lipinski definition) is 2. The summed E-state index contributed by atoms with van der Waals surface area (Å²) < 4.78 is 0. The zero-order valence-corrected chi connectivity index (χ0v) is 12.1. The molecule has 0 bridgehead atoms. The van der Waals surface area contributed by atoms with Crippen molar-refractivity contribution in [3.05, 3.63) is 35.5 Å². The molecule has 1 aromatic heterocycles. The van der Waals surface area contributed by atoms with Gasteiger partial charge in [-0.05, 0) is 23.6 Å². The SMILES string of the molecule is CC(C)NCC(=O)c1c[nH]c2ccc(C(C)C)cc12. The Hall–Kier alpha value is -1.61. The molecule has 0 spiro atoms. The van der Waals surface area contributed by atoms with Gasteiger partial charge in [-0.1, -0.05) is 33.8 Å². The largest absolute Gasteiger partial charge is 0.360 e. The van der Waals surface area contributed by atoms with Crippen molar-refractivity contribution < 1.29 is 4.79 Å². The van der Waals surface area contributed by atoms with Crippen LogP contribution in [0.3, 0.4) is 0 Å². The predicted octanol–water partition coefficient (Wildman–Crippen LogP) is 3.47. The van der Waals surface area contributed by atoms with Crippen molar-refractivity contribution >= 4 is 16.7 Å². The average Bonchev–Trinajstić information content (AvgIpc) is 2.78. The van der Waals surface area contributed by atoms with Crippen LogP contribution in [0.1, 0.15) is 49.5 Å². The fourth-order valence-electron chi connectivity index (χ4n) is 2.12. The zero-order valence-electron chi connectivity index (χ0n) is 12.1. The second kappa shape index (κ2) is 5.57. The molecule has 0 radical (unpaired) electrons. The van der Waals surface area contributed by atoms with Crippen LogP contribution in [0.15, 0.2) is 24.4 Å². The number of hydrogen-bond donors (Lipinski definition) is 2. The van der Waals surface area contributed by atoms with E-state index < -0.39 is 0 Å². The number of rotatable bonds is 5. The van der Waals surface area contributed by atoms with E-state index in [0.717, 1.165) is 16.5 Å². The number of Topliss-reactive ketones (excluding diaryl/α,β-unsaturated/α-hetero) is 1. The summed E-state index contributed by atoms with van der Waals surface area (Å²) in [5.74, 6) is 0.608. The Morgan fingerprint density at radius 2 is 2.00 bits per heavy atom. The molecule has 0 unspecified atom stereocenters. The third kappa shape index (κ3) is 3.04. The minimum atomic E-state index is 0.140. The van der Waals surface area contributed by atoms with Crippen LogP contribution in [-0.2, 0) is 0 Å². The molecule has 0 atom stereocenters. The van der Waals surface area contributed by atoms with Gasteiger partial charge in [-0.2, -0.15) is 0 Å². The lowest BCUT2D eigenvalue weighted by Gasteiger charge is -2.08. The van der Waals surface area contributed by atoms with Gasteiger partial charge in [-0.3, -0.25) is 4.79 Å². The molecule has 0 aliphatic rings. The fraction of sp³-hybridized carbons (Fsp3) is 0.438. The standard InChI is InChI=1S/C16H22N2O/c1-10(2)12-5-6-15-13(7-12)14(8-18-15)16(19)9-17-11(3)4/h5-8,10-11,17-18H,9H2,1-4H3. The van der Waals surface area contributed by atoms with Gasteiger partial charge >= 0.3 is 0 Å². The van der Waals surface area contributed by atoms with Crippen molar-refractivity contribution in [2.75, 3.05) is 6.54 Å². The molecule has 3 heteroatoms. The summed E-state index contributed by atoms with van der Waals surface area (Å²) in [5, 5.41) is 4.20. The van der Waals surface area contributed by atoms with E-state index in [9.17, 15) is 4.79 Å². The molecule has 0 amide bonds. The lowest BCUT2D eigenvalue weighted by atomic mass is 9.99. The number of H-pyrrole nitrogens is 1. The van der Waals surface area contributed by atoms with E-state index in [1.54, 1.807) is 0 Å². The third-order valence-corrected chi connectivity index (χ3v) is 3.34. The van der Waals surface area contributed by atoms with Crippen molar-refractivity contribution in [3.8, 4) is 0 Å². The Morgan fingerprint density at radius 1 is 1.26 bits per heavy atom. The second-order valence-corrected chi connectivity index (χ2v) is 5.62. The van der Waals surface area contributed by atoms with Gasteiger partial charge < -0.3 is 10.3 Å². The predicted molar refractivity (Wildman–Crippen MR) is 79.9 cm³/mol. The quantitative estimate of drug-likeness (QED) is 0.807. The van der Waals surface area contributed by atoms with Crippen molar-refractivity contribution in [2.45, 2.75) is 39.7 Å². The Morgan fingerprint density at radius 3 is 2.63 bits per heavy atom. The Bertz CT molecular complexity index is 581. The fourth-order valence-corrected chi connectivity index (χ4v) is 2.12. The smallest absolute Gasteiger partial charge is 0.178 e. The lowest BCUT2D eigenvalue weighted by Crippen LogP contribution is -2.29. The first-order valence-electron chi connectivity index (χ1n) is 6.86. The molecule has 0 aliphatic carbocycles. The molecule has 102 valence electrons. The number of carbonyl (C=O) groups excluding carboxylic acids is 1. The zero-order chi connectivity index (χ0) is 14.0. The van der Waals surface area contributed by atoms with Crippen LogP contribution in [0.4, 0.5) is 0 Å². The first kappa shape index (κ1) is 13.8. The van der Waals surface area contributed by atoms with Crippen LogP contribution in [0.5, 0.6) is 0 Å². The minimum Gasteiger partial charge on any atom is -0.360 e. The number of benzene rings is 1. The molecule has 0 saturated heterocycles. The van der Waals surface area contributed by atoms with Crippen molar-refractivity contribution in [3.63, 3.8) is 0 Å². The molecule has 0 aliphatic heterocycles. The Labute approximate surface area is 114 Å². The van der Waals surface area contributed by atoms with Gasteiger partial charge in [-0.25, -0.2) is 0 Å². The maximum absolute atomic E-state index is 12.2. The van der Waals surface area contributed by atoms with Crippen LogP contribution in [0.25, 0.3) is 10.9 Å². The van der Waals surface area contributed by atoms with Crippen LogP contribution in [0, 0.1) is 0 Å². The van der Waals surface area contributed by atoms with Crippen LogP contribution >= 0.6 is 0 Å². The van der Waals surface area contributed by atoms with E-state index in [-0.39, 0.29) is 5.78 Å². The van der Waals surface area contributed by atoms with E-state index in [1.165, 1.54) is 5.56 Å². The van der Waals surface area contributed by atoms with Crippen LogP contribution in [0.2, 0.25) is 0 Å². The van der Waals surface area contributed by atoms with E-state index >= 15 is 0 Å². The van der Waals surface area contributed by atoms with E-state index in [2.05, 4.69) is 42.3 Å². The van der Waals surface area contributed by atoms with Gasteiger partial charge in [0, 0.05) is 28.7 Å². The number of fused-ring (bicyclic) bond motifs is 1. The molecular weight excluding hydrogens is 236 g/mol. The van der Waals surface area contributed by atoms with Gasteiger partial charge in [0.25, 0.3) is 0 Å². The highest BCUT2D eigenvalue weighted by molar-refractivity contribution is 6.08. The van der Waals surface area contributed by atoms with Crippen molar-refractivity contribution in [2.24, 2.45) is 0 Å². The van der Waals surface area contributed by atoms with Gasteiger partial charge in [0.2, 0.25) is 0 Å². The number of aromatic nitrogens is 1. The Balaban J connectivity index is 2.32. The highest BCUT2D eigenvalue weighted by Crippen LogP contribution is 2.24. The number of aromatic amines is 1. The molecule has 0 fully saturated rings. The van der Waals surface area contributed by atoms with E-state index in [1.807, 2.05) is 20.0 Å². The first-order valence-corrected chi connectivity index (χ1v) is 6.86. The molecule has 19 heavy (non-hydrogen) atoms. The van der Waals surface area contributed by atoms with E-state index in [0.29, 0.717) is 18.5 Å². The summed E-state index contributed by atoms with van der Waals surface area (Å²) in [4.78, 5) is 15.4. The topological polar surface area (TPSA) is 44.9 Å². The molecule has 2 N–H and O–H groups in total. The molecule has 0 saturated carbocycles. The second-order valence-electron chi connectivity index (χ2n) is 5.62. The normalized spacial score (nSPS) is 11.7. The summed E-state index contributed by atoms with van der Waals surface area (Å²) in [6, 6.07) is 6.61. The van der Waals surface area contributed by atoms with Crippen LogP contribution in [-0.4, -0.2) is 23.4 Å². The molecule has 1 aromatic carbocycles. The highest BCUT2D eigenvalue weighted by atomic mass is 16.1. The summed E-state index contributed by atoms with van der Waals surface area (Å²) in [5.41, 5.74) is 3.07. The molecule has 3 nitrogen and oxygen atoms in total. The minimum absolute atomic E-state index is 0.140. The molecule has 2 aromatic rings. The Kier molecular flexibility index (Phi) is 4.05. The maximum Gasteiger partial charge on any atom is 0.178 e. The first-order chi connectivity index (χ1) is 8.99.